The smallest absolute Gasteiger partial charge is 0.245 e. The molecule has 1 aromatic heterocycles. The molecular weight excluding hydrogens is 328 g/mol. The average Bonchev–Trinajstić information content (AvgIpc) is 2.84. The van der Waals surface area contributed by atoms with E-state index in [-0.39, 0.29) is 11.0 Å². The summed E-state index contributed by atoms with van der Waals surface area (Å²) in [6.45, 7) is 7.54. The molecule has 132 valence electrons. The van der Waals surface area contributed by atoms with Gasteiger partial charge in [0.05, 0.1) is 6.10 Å². The number of ether oxygens (including phenoxy) is 1. The van der Waals surface area contributed by atoms with Crippen LogP contribution in [0.15, 0.2) is 33.7 Å². The molecule has 1 heterocycles. The Morgan fingerprint density at radius 1 is 1.21 bits per heavy atom. The minimum Gasteiger partial charge on any atom is -0.491 e. The Morgan fingerprint density at radius 2 is 1.88 bits per heavy atom. The maximum absolute atomic E-state index is 12.3. The number of rotatable bonds is 8. The van der Waals surface area contributed by atoms with E-state index in [1.807, 2.05) is 38.1 Å². The molecule has 0 spiro atoms. The van der Waals surface area contributed by atoms with Gasteiger partial charge in [0.2, 0.25) is 10.0 Å². The summed E-state index contributed by atoms with van der Waals surface area (Å²) in [7, 11) is -3.58. The molecule has 0 unspecified atom stereocenters. The predicted octanol–water partition coefficient (Wildman–Crippen LogP) is 2.99. The van der Waals surface area contributed by atoms with Crippen molar-refractivity contribution in [1.29, 1.82) is 0 Å². The summed E-state index contributed by atoms with van der Waals surface area (Å²) in [5.41, 5.74) is 1.52. The fraction of sp³-hybridized carbons (Fsp3) is 0.471. The first-order valence-electron chi connectivity index (χ1n) is 7.97. The Hall–Kier alpha value is -1.86. The highest BCUT2D eigenvalue weighted by Gasteiger charge is 2.23. The van der Waals surface area contributed by atoms with Crippen molar-refractivity contribution < 1.29 is 17.7 Å². The molecule has 0 fully saturated rings. The Kier molecular flexibility index (Phi) is 6.01. The number of nitrogens with zero attached hydrogens (tertiary/aromatic N) is 1. The molecule has 2 aromatic rings. The van der Waals surface area contributed by atoms with E-state index >= 15 is 0 Å². The van der Waals surface area contributed by atoms with Crippen LogP contribution in [0.2, 0.25) is 0 Å². The van der Waals surface area contributed by atoms with Gasteiger partial charge in [-0.2, -0.15) is 0 Å². The second kappa shape index (κ2) is 7.81. The standard InChI is InChI=1S/C17H24N2O4S/c1-12(2)22-16-9-7-15(8-10-16)6-5-11-18-24(20,21)17-13(3)19-23-14(17)4/h7-10,12,18H,5-6,11H2,1-4H3. The van der Waals surface area contributed by atoms with Crippen LogP contribution in [0.3, 0.4) is 0 Å². The minimum absolute atomic E-state index is 0.137. The van der Waals surface area contributed by atoms with E-state index in [1.54, 1.807) is 13.8 Å². The number of benzene rings is 1. The largest absolute Gasteiger partial charge is 0.491 e. The van der Waals surface area contributed by atoms with Gasteiger partial charge in [-0.1, -0.05) is 17.3 Å². The molecule has 24 heavy (non-hydrogen) atoms. The van der Waals surface area contributed by atoms with Crippen molar-refractivity contribution in [2.24, 2.45) is 0 Å². The lowest BCUT2D eigenvalue weighted by atomic mass is 10.1. The molecule has 0 radical (unpaired) electrons. The minimum atomic E-state index is -3.58. The topological polar surface area (TPSA) is 81.4 Å². The van der Waals surface area contributed by atoms with Crippen LogP contribution in [0, 0.1) is 13.8 Å². The van der Waals surface area contributed by atoms with Gasteiger partial charge in [0.15, 0.2) is 5.76 Å². The fourth-order valence-electron chi connectivity index (χ4n) is 2.44. The van der Waals surface area contributed by atoms with Crippen molar-refractivity contribution in [3.8, 4) is 5.75 Å². The molecule has 0 bridgehead atoms. The lowest BCUT2D eigenvalue weighted by Crippen LogP contribution is -2.26. The molecule has 0 aliphatic carbocycles. The van der Waals surface area contributed by atoms with Crippen LogP contribution in [0.4, 0.5) is 0 Å². The number of hydrogen-bond acceptors (Lipinski definition) is 5. The van der Waals surface area contributed by atoms with Crippen LogP contribution in [-0.2, 0) is 16.4 Å². The van der Waals surface area contributed by atoms with E-state index in [4.69, 9.17) is 9.26 Å². The van der Waals surface area contributed by atoms with Crippen molar-refractivity contribution in [3.63, 3.8) is 0 Å². The third-order valence-corrected chi connectivity index (χ3v) is 5.17. The molecule has 0 saturated heterocycles. The number of hydrogen-bond donors (Lipinski definition) is 1. The van der Waals surface area contributed by atoms with Crippen LogP contribution in [0.1, 0.15) is 37.3 Å². The SMILES string of the molecule is Cc1noc(C)c1S(=O)(=O)NCCCc1ccc(OC(C)C)cc1. The summed E-state index contributed by atoms with van der Waals surface area (Å²) >= 11 is 0. The lowest BCUT2D eigenvalue weighted by Gasteiger charge is -2.10. The van der Waals surface area contributed by atoms with Gasteiger partial charge in [-0.15, -0.1) is 0 Å². The first kappa shape index (κ1) is 18.5. The van der Waals surface area contributed by atoms with Crippen molar-refractivity contribution in [1.82, 2.24) is 9.88 Å². The van der Waals surface area contributed by atoms with Crippen LogP contribution >= 0.6 is 0 Å². The highest BCUT2D eigenvalue weighted by molar-refractivity contribution is 7.89. The molecule has 6 nitrogen and oxygen atoms in total. The Labute approximate surface area is 143 Å². The quantitative estimate of drug-likeness (QED) is 0.739. The molecule has 0 amide bonds. The average molecular weight is 352 g/mol. The monoisotopic (exact) mass is 352 g/mol. The maximum atomic E-state index is 12.3. The third-order valence-electron chi connectivity index (χ3n) is 3.47. The van der Waals surface area contributed by atoms with Crippen LogP contribution in [-0.4, -0.2) is 26.2 Å². The molecule has 0 aliphatic heterocycles. The van der Waals surface area contributed by atoms with Crippen LogP contribution < -0.4 is 9.46 Å². The van der Waals surface area contributed by atoms with Crippen molar-refractivity contribution in [3.05, 3.63) is 41.3 Å². The normalized spacial score (nSPS) is 11.9. The molecule has 0 atom stereocenters. The molecule has 1 aromatic carbocycles. The lowest BCUT2D eigenvalue weighted by molar-refractivity contribution is 0.242. The first-order chi connectivity index (χ1) is 11.3. The van der Waals surface area contributed by atoms with E-state index in [1.165, 1.54) is 0 Å². The summed E-state index contributed by atoms with van der Waals surface area (Å²) in [6.07, 6.45) is 1.63. The summed E-state index contributed by atoms with van der Waals surface area (Å²) in [5, 5.41) is 3.68. The molecule has 2 rings (SSSR count). The molecule has 7 heteroatoms. The van der Waals surface area contributed by atoms with Gasteiger partial charge in [0.25, 0.3) is 0 Å². The third kappa shape index (κ3) is 4.82. The Morgan fingerprint density at radius 3 is 2.42 bits per heavy atom. The van der Waals surface area contributed by atoms with Crippen molar-refractivity contribution in [2.45, 2.75) is 51.5 Å². The zero-order valence-electron chi connectivity index (χ0n) is 14.5. The van der Waals surface area contributed by atoms with E-state index < -0.39 is 10.0 Å². The van der Waals surface area contributed by atoms with Crippen molar-refractivity contribution in [2.75, 3.05) is 6.54 Å². The van der Waals surface area contributed by atoms with E-state index in [0.717, 1.165) is 17.7 Å². The Balaban J connectivity index is 1.84. The van der Waals surface area contributed by atoms with Gasteiger partial charge in [-0.3, -0.25) is 0 Å². The highest BCUT2D eigenvalue weighted by Crippen LogP contribution is 2.18. The van der Waals surface area contributed by atoms with E-state index in [9.17, 15) is 8.42 Å². The molecule has 0 aliphatic rings. The summed E-state index contributed by atoms with van der Waals surface area (Å²) in [5.74, 6) is 1.15. The van der Waals surface area contributed by atoms with Crippen LogP contribution in [0.25, 0.3) is 0 Å². The molecule has 1 N–H and O–H groups in total. The number of sulfonamides is 1. The fourth-order valence-corrected chi connectivity index (χ4v) is 3.84. The van der Waals surface area contributed by atoms with Gasteiger partial charge >= 0.3 is 0 Å². The number of nitrogens with one attached hydrogen (secondary N) is 1. The van der Waals surface area contributed by atoms with Gasteiger partial charge in [0, 0.05) is 6.54 Å². The van der Waals surface area contributed by atoms with Crippen LogP contribution in [0.5, 0.6) is 5.75 Å². The number of aryl methyl sites for hydroxylation is 3. The Bertz CT molecular complexity index is 745. The zero-order valence-corrected chi connectivity index (χ0v) is 15.3. The van der Waals surface area contributed by atoms with E-state index in [2.05, 4.69) is 9.88 Å². The number of aromatic nitrogens is 1. The zero-order chi connectivity index (χ0) is 17.7. The second-order valence-electron chi connectivity index (χ2n) is 5.97. The molecule has 0 saturated carbocycles. The van der Waals surface area contributed by atoms with Gasteiger partial charge in [0.1, 0.15) is 16.3 Å². The van der Waals surface area contributed by atoms with E-state index in [0.29, 0.717) is 24.4 Å². The molecular formula is C17H24N2O4S. The van der Waals surface area contributed by atoms with Gasteiger partial charge in [-0.25, -0.2) is 13.1 Å². The summed E-state index contributed by atoms with van der Waals surface area (Å²) in [4.78, 5) is 0.137. The highest BCUT2D eigenvalue weighted by atomic mass is 32.2. The van der Waals surface area contributed by atoms with Gasteiger partial charge in [-0.05, 0) is 58.2 Å². The predicted molar refractivity (Wildman–Crippen MR) is 91.7 cm³/mol. The first-order valence-corrected chi connectivity index (χ1v) is 9.46. The van der Waals surface area contributed by atoms with Crippen molar-refractivity contribution >= 4 is 10.0 Å². The summed E-state index contributed by atoms with van der Waals surface area (Å²) < 4.78 is 37.6. The second-order valence-corrected chi connectivity index (χ2v) is 7.67. The summed E-state index contributed by atoms with van der Waals surface area (Å²) in [6, 6.07) is 7.87. The van der Waals surface area contributed by atoms with Gasteiger partial charge < -0.3 is 9.26 Å². The maximum Gasteiger partial charge on any atom is 0.245 e.